The fraction of sp³-hybridized carbons (Fsp3) is 0.943. The monoisotopic (exact) mass is 600 g/mol. The lowest BCUT2D eigenvalue weighted by molar-refractivity contribution is -0.883. The first kappa shape index (κ1) is 40.2. The summed E-state index contributed by atoms with van der Waals surface area (Å²) in [5, 5.41) is 3.08. The highest BCUT2D eigenvalue weighted by molar-refractivity contribution is 5.75. The molecular weight excluding hydrogens is 532 g/mol. The van der Waals surface area contributed by atoms with E-state index in [0.29, 0.717) is 29.9 Å². The molecule has 0 bridgehead atoms. The van der Waals surface area contributed by atoms with Crippen LogP contribution in [-0.2, 0) is 14.3 Å². The van der Waals surface area contributed by atoms with Gasteiger partial charge in [-0.15, -0.1) is 0 Å². The van der Waals surface area contributed by atoms with Gasteiger partial charge in [-0.3, -0.25) is 4.79 Å². The largest absolute Gasteiger partial charge is 1.00 e. The smallest absolute Gasteiger partial charge is 0.362 e. The number of nitrogens with zero attached hydrogens (tertiary/aromatic N) is 1. The van der Waals surface area contributed by atoms with Gasteiger partial charge in [-0.1, -0.05) is 111 Å². The lowest BCUT2D eigenvalue weighted by atomic mass is 9.75. The second-order valence-electron chi connectivity index (χ2n) is 14.2. The first-order chi connectivity index (χ1) is 19.1. The quantitative estimate of drug-likeness (QED) is 0.0842. The zero-order valence-corrected chi connectivity index (χ0v) is 28.9. The minimum Gasteiger partial charge on any atom is -1.00 e. The van der Waals surface area contributed by atoms with Gasteiger partial charge < -0.3 is 26.9 Å². The fourth-order valence-electron chi connectivity index (χ4n) is 6.24. The van der Waals surface area contributed by atoms with Gasteiger partial charge in [0.15, 0.2) is 6.54 Å². The number of unbranched alkanes of at least 4 members (excludes halogenated alkanes) is 14. The second kappa shape index (κ2) is 23.6. The van der Waals surface area contributed by atoms with Crippen LogP contribution in [0, 0.1) is 11.8 Å². The average molecular weight is 601 g/mol. The van der Waals surface area contributed by atoms with E-state index in [1.165, 1.54) is 83.5 Å². The van der Waals surface area contributed by atoms with Gasteiger partial charge in [0.2, 0.25) is 5.91 Å². The molecule has 5 nitrogen and oxygen atoms in total. The van der Waals surface area contributed by atoms with Crippen LogP contribution in [0.5, 0.6) is 0 Å². The molecule has 6 heteroatoms. The number of hydrogen-bond donors (Lipinski definition) is 1. The third-order valence-electron chi connectivity index (χ3n) is 9.22. The molecule has 0 unspecified atom stereocenters. The summed E-state index contributed by atoms with van der Waals surface area (Å²) in [4.78, 5) is 24.9. The molecule has 244 valence electrons. The van der Waals surface area contributed by atoms with Crippen LogP contribution in [0.2, 0.25) is 0 Å². The summed E-state index contributed by atoms with van der Waals surface area (Å²) in [6, 6.07) is 0. The molecule has 41 heavy (non-hydrogen) atoms. The van der Waals surface area contributed by atoms with Crippen molar-refractivity contribution >= 4 is 11.9 Å². The maximum atomic E-state index is 12.7. The van der Waals surface area contributed by atoms with E-state index in [4.69, 9.17) is 4.74 Å². The van der Waals surface area contributed by atoms with Gasteiger partial charge in [-0.05, 0) is 50.9 Å². The van der Waals surface area contributed by atoms with Gasteiger partial charge in [0, 0.05) is 19.4 Å². The van der Waals surface area contributed by atoms with Crippen LogP contribution < -0.4 is 17.7 Å². The van der Waals surface area contributed by atoms with Crippen molar-refractivity contribution in [1.29, 1.82) is 0 Å². The molecule has 1 aliphatic carbocycles. The number of nitrogens with one attached hydrogen (secondary N) is 1. The topological polar surface area (TPSA) is 55.4 Å². The molecule has 1 saturated carbocycles. The molecule has 1 N–H and O–H groups in total. The number of carbonyl (C=O) groups is 2. The number of rotatable bonds is 24. The van der Waals surface area contributed by atoms with E-state index >= 15 is 0 Å². The first-order valence-electron chi connectivity index (χ1n) is 17.4. The second-order valence-corrected chi connectivity index (χ2v) is 14.2. The number of hydrogen-bond acceptors (Lipinski definition) is 3. The molecule has 0 aliphatic heterocycles. The van der Waals surface area contributed by atoms with Gasteiger partial charge in [0.1, 0.15) is 5.60 Å². The van der Waals surface area contributed by atoms with Crippen LogP contribution in [0.25, 0.3) is 0 Å². The summed E-state index contributed by atoms with van der Waals surface area (Å²) in [6.45, 7) is 10.9. The Morgan fingerprint density at radius 3 is 1.73 bits per heavy atom. The maximum absolute atomic E-state index is 12.7. The van der Waals surface area contributed by atoms with Crippen molar-refractivity contribution in [1.82, 2.24) is 5.32 Å². The number of carbonyl (C=O) groups excluding carboxylic acids is 2. The predicted molar refractivity (Wildman–Crippen MR) is 170 cm³/mol. The minimum atomic E-state index is -0.302. The summed E-state index contributed by atoms with van der Waals surface area (Å²) >= 11 is 0. The van der Waals surface area contributed by atoms with Crippen LogP contribution >= 0.6 is 0 Å². The van der Waals surface area contributed by atoms with Crippen LogP contribution in [0.4, 0.5) is 0 Å². The van der Waals surface area contributed by atoms with Gasteiger partial charge in [-0.25, -0.2) is 4.79 Å². The van der Waals surface area contributed by atoms with Crippen molar-refractivity contribution in [3.8, 4) is 0 Å². The Kier molecular flexibility index (Phi) is 23.2. The zero-order valence-electron chi connectivity index (χ0n) is 28.2. The lowest BCUT2D eigenvalue weighted by Gasteiger charge is -2.39. The number of ether oxygens (including phenoxy) is 1. The third-order valence-corrected chi connectivity index (χ3v) is 9.22. The Morgan fingerprint density at radius 1 is 0.805 bits per heavy atom. The fourth-order valence-corrected chi connectivity index (χ4v) is 6.24. The molecule has 0 atom stereocenters. The molecular formula is C35H69ClN2O3. The van der Waals surface area contributed by atoms with E-state index in [-0.39, 0.29) is 29.9 Å². The summed E-state index contributed by atoms with van der Waals surface area (Å²) in [7, 11) is 4.16. The van der Waals surface area contributed by atoms with Crippen LogP contribution in [0.1, 0.15) is 163 Å². The van der Waals surface area contributed by atoms with Gasteiger partial charge >= 0.3 is 5.97 Å². The molecule has 1 rings (SSSR count). The van der Waals surface area contributed by atoms with Crippen molar-refractivity contribution < 1.29 is 31.2 Å². The normalized spacial score (nSPS) is 19.1. The van der Waals surface area contributed by atoms with Gasteiger partial charge in [-0.2, -0.15) is 0 Å². The average Bonchev–Trinajstić information content (AvgIpc) is 2.88. The van der Waals surface area contributed by atoms with Crippen molar-refractivity contribution in [3.05, 3.63) is 0 Å². The molecule has 0 radical (unpaired) electrons. The molecule has 1 amide bonds. The maximum Gasteiger partial charge on any atom is 0.362 e. The summed E-state index contributed by atoms with van der Waals surface area (Å²) in [6.07, 6.45) is 25.9. The number of amides is 1. The number of quaternary nitrogens is 1. The molecule has 0 aromatic carbocycles. The molecule has 1 aliphatic rings. The highest BCUT2D eigenvalue weighted by Gasteiger charge is 2.36. The van der Waals surface area contributed by atoms with Crippen molar-refractivity contribution in [2.75, 3.05) is 33.7 Å². The van der Waals surface area contributed by atoms with Gasteiger partial charge in [0.05, 0.1) is 20.6 Å². The zero-order chi connectivity index (χ0) is 29.7. The van der Waals surface area contributed by atoms with Crippen LogP contribution in [-0.4, -0.2) is 55.7 Å². The van der Waals surface area contributed by atoms with Crippen molar-refractivity contribution in [2.45, 2.75) is 168 Å². The molecule has 0 aromatic rings. The SMILES string of the molecule is CCCCCCCCCCCCCCCCCC(=O)NCCC[N+](C)(C)CC(=O)OC1(C)CCC(C(C)C)CC1.[Cl-]. The Morgan fingerprint density at radius 2 is 1.27 bits per heavy atom. The summed E-state index contributed by atoms with van der Waals surface area (Å²) in [5.74, 6) is 1.55. The Labute approximate surface area is 261 Å². The number of likely N-dealkylation sites (N-methyl/N-ethyl adjacent to an activating group) is 1. The molecule has 0 spiro atoms. The Hall–Kier alpha value is -0.810. The third kappa shape index (κ3) is 21.5. The van der Waals surface area contributed by atoms with Crippen molar-refractivity contribution in [2.24, 2.45) is 11.8 Å². The van der Waals surface area contributed by atoms with Crippen LogP contribution in [0.15, 0.2) is 0 Å². The minimum absolute atomic E-state index is 0. The highest BCUT2D eigenvalue weighted by atomic mass is 35.5. The lowest BCUT2D eigenvalue weighted by Crippen LogP contribution is -3.00. The van der Waals surface area contributed by atoms with E-state index < -0.39 is 0 Å². The Balaban J connectivity index is 0.0000160. The summed E-state index contributed by atoms with van der Waals surface area (Å²) in [5.41, 5.74) is -0.302. The van der Waals surface area contributed by atoms with E-state index in [0.717, 1.165) is 57.4 Å². The van der Waals surface area contributed by atoms with E-state index in [9.17, 15) is 9.59 Å². The van der Waals surface area contributed by atoms with Crippen LogP contribution in [0.3, 0.4) is 0 Å². The predicted octanol–water partition coefficient (Wildman–Crippen LogP) is 5.98. The number of esters is 1. The highest BCUT2D eigenvalue weighted by Crippen LogP contribution is 2.37. The molecule has 0 aromatic heterocycles. The van der Waals surface area contributed by atoms with Gasteiger partial charge in [0.25, 0.3) is 0 Å². The van der Waals surface area contributed by atoms with Crippen molar-refractivity contribution in [3.63, 3.8) is 0 Å². The van der Waals surface area contributed by atoms with E-state index in [1.54, 1.807) is 0 Å². The molecule has 0 saturated heterocycles. The molecule has 1 fully saturated rings. The Bertz CT molecular complexity index is 660. The first-order valence-corrected chi connectivity index (χ1v) is 17.4. The van der Waals surface area contributed by atoms with E-state index in [1.807, 2.05) is 0 Å². The number of halogens is 1. The molecule has 0 heterocycles. The summed E-state index contributed by atoms with van der Waals surface area (Å²) < 4.78 is 6.58. The van der Waals surface area contributed by atoms with E-state index in [2.05, 4.69) is 47.1 Å². The standard InChI is InChI=1S/C35H68N2O3.ClH/c1-7-8-9-10-11-12-13-14-15-16-17-18-19-20-21-23-33(38)36-28-22-29-37(5,6)30-34(39)40-35(4)26-24-32(25-27-35)31(2)3;/h31-32H,7-30H2,1-6H3;1H.